The molecule has 0 atom stereocenters. The molecule has 0 aliphatic carbocycles. The quantitative estimate of drug-likeness (QED) is 0.141. The molecule has 0 spiro atoms. The van der Waals surface area contributed by atoms with Crippen molar-refractivity contribution >= 4 is 45.3 Å². The summed E-state index contributed by atoms with van der Waals surface area (Å²) in [4.78, 5) is 42.7. The first-order valence-electron chi connectivity index (χ1n) is 16.8. The molecule has 2 saturated heterocycles. The van der Waals surface area contributed by atoms with Crippen LogP contribution in [0.2, 0.25) is 0 Å². The van der Waals surface area contributed by atoms with E-state index >= 15 is 0 Å². The van der Waals surface area contributed by atoms with Crippen molar-refractivity contribution in [3.05, 3.63) is 77.4 Å². The topological polar surface area (TPSA) is 183 Å². The molecule has 0 saturated carbocycles. The molecule has 0 unspecified atom stereocenters. The predicted molar refractivity (Wildman–Crippen MR) is 196 cm³/mol. The van der Waals surface area contributed by atoms with E-state index in [4.69, 9.17) is 53.8 Å². The molecular formula is C38H44N2O11S. The predicted octanol–water partition coefficient (Wildman–Crippen LogP) is 5.56. The Morgan fingerprint density at radius 2 is 1.27 bits per heavy atom. The van der Waals surface area contributed by atoms with E-state index in [0.717, 1.165) is 43.4 Å². The third-order valence-corrected chi connectivity index (χ3v) is 9.93. The van der Waals surface area contributed by atoms with Crippen LogP contribution in [0, 0.1) is 0 Å². The lowest BCUT2D eigenvalue weighted by atomic mass is 9.97. The van der Waals surface area contributed by atoms with Gasteiger partial charge < -0.3 is 34.6 Å². The van der Waals surface area contributed by atoms with Crippen LogP contribution in [-0.2, 0) is 32.1 Å². The summed E-state index contributed by atoms with van der Waals surface area (Å²) in [6.07, 6.45) is 6.06. The smallest absolute Gasteiger partial charge is 0.414 e. The number of hydrogen-bond acceptors (Lipinski definition) is 10. The Kier molecular flexibility index (Phi) is 14.8. The zero-order valence-electron chi connectivity index (χ0n) is 29.2. The van der Waals surface area contributed by atoms with E-state index in [9.17, 15) is 0 Å². The molecular weight excluding hydrogens is 692 g/mol. The maximum absolute atomic E-state index is 9.10. The molecule has 0 radical (unpaired) electrons. The van der Waals surface area contributed by atoms with Crippen molar-refractivity contribution in [2.45, 2.75) is 38.6 Å². The number of rotatable bonds is 11. The standard InChI is InChI=1S/C34H40N2O3S.2C2H2O4/c1-37-29-13-14-30-31(21-25-7-8-27(32(22-25)38-2)24-36-17-5-6-18-36)34(40-33(30)23-29)26-9-11-28(12-10-26)39-20-19-35-15-3-4-16-35;2*3-1(4)2(5)6/h7-14,22-23H,3-6,15-21,24H2,1-2H3;2*(H,3,4)(H,5,6). The molecule has 2 aliphatic rings. The number of carboxylic acid groups (broad SMARTS) is 4. The normalized spacial score (nSPS) is 14.1. The highest BCUT2D eigenvalue weighted by atomic mass is 32.1. The molecule has 2 aliphatic heterocycles. The summed E-state index contributed by atoms with van der Waals surface area (Å²) < 4.78 is 18.7. The van der Waals surface area contributed by atoms with Gasteiger partial charge in [-0.25, -0.2) is 19.2 Å². The second-order valence-corrected chi connectivity index (χ2v) is 13.3. The van der Waals surface area contributed by atoms with E-state index in [0.29, 0.717) is 0 Å². The van der Waals surface area contributed by atoms with Crippen molar-refractivity contribution in [3.8, 4) is 27.7 Å². The fourth-order valence-corrected chi connectivity index (χ4v) is 7.34. The molecule has 4 N–H and O–H groups in total. The highest BCUT2D eigenvalue weighted by molar-refractivity contribution is 7.22. The van der Waals surface area contributed by atoms with Gasteiger partial charge in [0.2, 0.25) is 0 Å². The van der Waals surface area contributed by atoms with Crippen molar-refractivity contribution in [1.29, 1.82) is 0 Å². The average molecular weight is 737 g/mol. The summed E-state index contributed by atoms with van der Waals surface area (Å²) in [6, 6.07) is 21.8. The third-order valence-electron chi connectivity index (χ3n) is 8.68. The van der Waals surface area contributed by atoms with E-state index < -0.39 is 23.9 Å². The third kappa shape index (κ3) is 11.4. The second-order valence-electron chi connectivity index (χ2n) is 12.2. The molecule has 278 valence electrons. The number of hydrogen-bond donors (Lipinski definition) is 4. The van der Waals surface area contributed by atoms with E-state index in [2.05, 4.69) is 70.5 Å². The summed E-state index contributed by atoms with van der Waals surface area (Å²) in [7, 11) is 3.52. The largest absolute Gasteiger partial charge is 0.497 e. The number of carbonyl (C=O) groups is 4. The van der Waals surface area contributed by atoms with Crippen molar-refractivity contribution in [2.75, 3.05) is 53.6 Å². The zero-order chi connectivity index (χ0) is 37.6. The number of methoxy groups -OCH3 is 2. The summed E-state index contributed by atoms with van der Waals surface area (Å²) in [5, 5.41) is 30.8. The summed E-state index contributed by atoms with van der Waals surface area (Å²) in [5.41, 5.74) is 5.11. The molecule has 14 heteroatoms. The Bertz CT molecular complexity index is 1780. The van der Waals surface area contributed by atoms with Crippen LogP contribution in [0.5, 0.6) is 17.2 Å². The van der Waals surface area contributed by atoms with Gasteiger partial charge in [0.25, 0.3) is 0 Å². The first-order valence-corrected chi connectivity index (χ1v) is 17.7. The molecule has 52 heavy (non-hydrogen) atoms. The Labute approximate surface area is 305 Å². The molecule has 2 fully saturated rings. The lowest BCUT2D eigenvalue weighted by Gasteiger charge is -2.18. The van der Waals surface area contributed by atoms with Gasteiger partial charge in [-0.2, -0.15) is 0 Å². The second kappa shape index (κ2) is 19.4. The van der Waals surface area contributed by atoms with Gasteiger partial charge in [-0.1, -0.05) is 12.1 Å². The number of aliphatic carboxylic acids is 4. The fraction of sp³-hybridized carbons (Fsp3) is 0.368. The van der Waals surface area contributed by atoms with Gasteiger partial charge in [0.15, 0.2) is 0 Å². The minimum absolute atomic E-state index is 0.739. The summed E-state index contributed by atoms with van der Waals surface area (Å²) in [6.45, 7) is 7.47. The fourth-order valence-electron chi connectivity index (χ4n) is 6.08. The van der Waals surface area contributed by atoms with Gasteiger partial charge in [-0.15, -0.1) is 11.3 Å². The van der Waals surface area contributed by atoms with Crippen LogP contribution in [-0.4, -0.2) is 108 Å². The minimum atomic E-state index is -1.82. The lowest BCUT2D eigenvalue weighted by Crippen LogP contribution is -2.25. The summed E-state index contributed by atoms with van der Waals surface area (Å²) >= 11 is 1.84. The first-order chi connectivity index (χ1) is 25.0. The molecule has 3 heterocycles. The molecule has 3 aromatic carbocycles. The van der Waals surface area contributed by atoms with Gasteiger partial charge in [-0.3, -0.25) is 9.80 Å². The van der Waals surface area contributed by atoms with E-state index in [1.54, 1.807) is 14.2 Å². The van der Waals surface area contributed by atoms with Crippen LogP contribution in [0.1, 0.15) is 42.4 Å². The Morgan fingerprint density at radius 3 is 1.83 bits per heavy atom. The van der Waals surface area contributed by atoms with Crippen molar-refractivity contribution in [3.63, 3.8) is 0 Å². The SMILES string of the molecule is COc1ccc2c(Cc3ccc(CN4CCCC4)c(OC)c3)c(-c3ccc(OCCN4CCCC4)cc3)sc2c1.O=C(O)C(=O)O.O=C(O)C(=O)O. The average Bonchev–Trinajstić information content (AvgIpc) is 3.92. The Hall–Kier alpha value is -5.18. The van der Waals surface area contributed by atoms with Crippen molar-refractivity contribution in [2.24, 2.45) is 0 Å². The number of fused-ring (bicyclic) bond motifs is 1. The van der Waals surface area contributed by atoms with Gasteiger partial charge in [0.05, 0.1) is 14.2 Å². The van der Waals surface area contributed by atoms with Crippen LogP contribution < -0.4 is 14.2 Å². The van der Waals surface area contributed by atoms with Crippen LogP contribution in [0.25, 0.3) is 20.5 Å². The molecule has 6 rings (SSSR count). The van der Waals surface area contributed by atoms with Gasteiger partial charge in [-0.05, 0) is 129 Å². The maximum atomic E-state index is 9.10. The van der Waals surface area contributed by atoms with E-state index in [1.165, 1.54) is 89.1 Å². The summed E-state index contributed by atoms with van der Waals surface area (Å²) in [5.74, 6) is -4.48. The van der Waals surface area contributed by atoms with Gasteiger partial charge >= 0.3 is 23.9 Å². The monoisotopic (exact) mass is 736 g/mol. The lowest BCUT2D eigenvalue weighted by molar-refractivity contribution is -0.159. The maximum Gasteiger partial charge on any atom is 0.414 e. The van der Waals surface area contributed by atoms with Crippen LogP contribution in [0.15, 0.2) is 60.7 Å². The number of carboxylic acids is 4. The van der Waals surface area contributed by atoms with E-state index in [1.807, 2.05) is 11.3 Å². The van der Waals surface area contributed by atoms with Crippen molar-refractivity contribution in [1.82, 2.24) is 9.80 Å². The van der Waals surface area contributed by atoms with Crippen LogP contribution >= 0.6 is 11.3 Å². The van der Waals surface area contributed by atoms with E-state index in [-0.39, 0.29) is 0 Å². The van der Waals surface area contributed by atoms with Crippen molar-refractivity contribution < 1.29 is 53.8 Å². The zero-order valence-corrected chi connectivity index (χ0v) is 30.0. The highest BCUT2D eigenvalue weighted by Crippen LogP contribution is 2.42. The van der Waals surface area contributed by atoms with Crippen LogP contribution in [0.4, 0.5) is 0 Å². The minimum Gasteiger partial charge on any atom is -0.497 e. The highest BCUT2D eigenvalue weighted by Gasteiger charge is 2.18. The molecule has 4 aromatic rings. The number of nitrogens with zero attached hydrogens (tertiary/aromatic N) is 2. The molecule has 13 nitrogen and oxygen atoms in total. The van der Waals surface area contributed by atoms with Gasteiger partial charge in [0.1, 0.15) is 23.9 Å². The number of thiophene rings is 1. The first kappa shape index (κ1) is 39.6. The van der Waals surface area contributed by atoms with Gasteiger partial charge in [0, 0.05) is 28.2 Å². The molecule has 1 aromatic heterocycles. The number of benzene rings is 3. The number of ether oxygens (including phenoxy) is 3. The number of likely N-dealkylation sites (tertiary alicyclic amines) is 2. The molecule has 0 amide bonds. The Morgan fingerprint density at radius 1 is 0.692 bits per heavy atom. The van der Waals surface area contributed by atoms with Crippen LogP contribution in [0.3, 0.4) is 0 Å². The molecule has 0 bridgehead atoms. The Balaban J connectivity index is 0.000000436.